The van der Waals surface area contributed by atoms with Crippen LogP contribution in [-0.2, 0) is 16.0 Å². The number of aliphatic imine (C=N–C) groups is 1. The van der Waals surface area contributed by atoms with Crippen molar-refractivity contribution in [2.24, 2.45) is 4.99 Å². The molecular weight excluding hydrogens is 502 g/mol. The van der Waals surface area contributed by atoms with E-state index in [1.54, 1.807) is 48.5 Å². The highest BCUT2D eigenvalue weighted by Gasteiger charge is 2.39. The van der Waals surface area contributed by atoms with E-state index in [1.807, 2.05) is 0 Å². The van der Waals surface area contributed by atoms with Crippen LogP contribution in [0, 0.1) is 0 Å². The van der Waals surface area contributed by atoms with Crippen LogP contribution in [0.3, 0.4) is 0 Å². The van der Waals surface area contributed by atoms with Gasteiger partial charge in [-0.1, -0.05) is 71.7 Å². The van der Waals surface area contributed by atoms with Crippen molar-refractivity contribution in [2.45, 2.75) is 18.8 Å². The summed E-state index contributed by atoms with van der Waals surface area (Å²) in [5.41, 5.74) is 1.74. The van der Waals surface area contributed by atoms with Crippen LogP contribution < -0.4 is 10.2 Å². The predicted octanol–water partition coefficient (Wildman–Crippen LogP) is 5.42. The second-order valence-electron chi connectivity index (χ2n) is 7.82. The molecule has 0 saturated heterocycles. The zero-order chi connectivity index (χ0) is 25.2. The van der Waals surface area contributed by atoms with Gasteiger partial charge >= 0.3 is 6.18 Å². The largest absolute Gasteiger partial charge is 0.406 e. The first-order chi connectivity index (χ1) is 16.6. The van der Waals surface area contributed by atoms with E-state index in [0.717, 1.165) is 0 Å². The maximum atomic E-state index is 13.5. The molecule has 3 aromatic carbocycles. The van der Waals surface area contributed by atoms with Gasteiger partial charge in [0.1, 0.15) is 6.54 Å². The van der Waals surface area contributed by atoms with Crippen LogP contribution in [0.25, 0.3) is 0 Å². The van der Waals surface area contributed by atoms with Gasteiger partial charge < -0.3 is 5.32 Å². The van der Waals surface area contributed by atoms with Crippen LogP contribution in [0.1, 0.15) is 16.7 Å². The maximum Gasteiger partial charge on any atom is 0.406 e. The molecule has 0 saturated carbocycles. The summed E-state index contributed by atoms with van der Waals surface area (Å²) in [7, 11) is 0. The Morgan fingerprint density at radius 2 is 1.60 bits per heavy atom. The summed E-state index contributed by atoms with van der Waals surface area (Å²) < 4.78 is 40.4. The molecule has 1 N–H and O–H groups in total. The fraction of sp³-hybridized carbons (Fsp3) is 0.160. The molecule has 0 bridgehead atoms. The molecule has 1 heterocycles. The monoisotopic (exact) mass is 519 g/mol. The number of rotatable bonds is 5. The fourth-order valence-electron chi connectivity index (χ4n) is 3.79. The Balaban J connectivity index is 1.75. The summed E-state index contributed by atoms with van der Waals surface area (Å²) >= 11 is 12.0. The minimum absolute atomic E-state index is 0.0517. The molecular formula is C25H18Cl2F3N3O2. The average molecular weight is 520 g/mol. The minimum Gasteiger partial charge on any atom is -0.326 e. The number of fused-ring (bicyclic) bond motifs is 1. The second kappa shape index (κ2) is 10.1. The number of alkyl halides is 3. The highest BCUT2D eigenvalue weighted by atomic mass is 35.5. The van der Waals surface area contributed by atoms with Gasteiger partial charge in [-0.2, -0.15) is 13.2 Å². The number of benzodiazepines with no additional fused rings is 1. The number of anilines is 1. The lowest BCUT2D eigenvalue weighted by Crippen LogP contribution is -2.50. The molecule has 1 atom stereocenters. The summed E-state index contributed by atoms with van der Waals surface area (Å²) in [6.07, 6.45) is -6.46. The first-order valence-electron chi connectivity index (χ1n) is 10.5. The summed E-state index contributed by atoms with van der Waals surface area (Å²) in [5.74, 6) is -1.63. The quantitative estimate of drug-likeness (QED) is 0.488. The number of para-hydroxylation sites is 1. The molecule has 35 heavy (non-hydrogen) atoms. The topological polar surface area (TPSA) is 61.8 Å². The van der Waals surface area contributed by atoms with Crippen LogP contribution >= 0.6 is 23.2 Å². The number of carbonyl (C=O) groups excluding carboxylic acids is 2. The van der Waals surface area contributed by atoms with Crippen molar-refractivity contribution >= 4 is 46.4 Å². The van der Waals surface area contributed by atoms with E-state index < -0.39 is 30.7 Å². The van der Waals surface area contributed by atoms with Gasteiger partial charge in [-0.15, -0.1) is 0 Å². The second-order valence-corrected chi connectivity index (χ2v) is 8.70. The first kappa shape index (κ1) is 24.8. The molecule has 1 aliphatic rings. The minimum atomic E-state index is -4.67. The number of halogens is 5. The summed E-state index contributed by atoms with van der Waals surface area (Å²) in [6, 6.07) is 19.5. The molecule has 0 fully saturated rings. The van der Waals surface area contributed by atoms with Gasteiger partial charge in [0.25, 0.3) is 5.91 Å². The highest BCUT2D eigenvalue weighted by Crippen LogP contribution is 2.31. The first-order valence-corrected chi connectivity index (χ1v) is 11.2. The van der Waals surface area contributed by atoms with Crippen molar-refractivity contribution in [3.8, 4) is 0 Å². The van der Waals surface area contributed by atoms with E-state index in [1.165, 1.54) is 24.3 Å². The van der Waals surface area contributed by atoms with Gasteiger partial charge in [-0.05, 0) is 29.8 Å². The molecule has 1 aliphatic heterocycles. The smallest absolute Gasteiger partial charge is 0.326 e. The Kier molecular flexibility index (Phi) is 7.14. The van der Waals surface area contributed by atoms with Crippen molar-refractivity contribution in [1.29, 1.82) is 0 Å². The van der Waals surface area contributed by atoms with E-state index >= 15 is 0 Å². The molecule has 0 aliphatic carbocycles. The van der Waals surface area contributed by atoms with Crippen LogP contribution in [-0.4, -0.2) is 36.4 Å². The van der Waals surface area contributed by atoms with Crippen LogP contribution in [0.4, 0.5) is 18.9 Å². The van der Waals surface area contributed by atoms with E-state index in [9.17, 15) is 22.8 Å². The van der Waals surface area contributed by atoms with Crippen molar-refractivity contribution in [2.75, 3.05) is 11.4 Å². The molecule has 5 nitrogen and oxygen atoms in total. The molecule has 3 aromatic rings. The SMILES string of the molecule is O=C(Cc1cc(Cl)cc(Cl)c1)N[C@@H]1N=C(c2ccccc2)c2ccccc2N(CC(F)(F)F)C1=O. The molecule has 0 aromatic heterocycles. The Labute approximate surface area is 209 Å². The lowest BCUT2D eigenvalue weighted by atomic mass is 10.0. The van der Waals surface area contributed by atoms with Crippen LogP contribution in [0.2, 0.25) is 10.0 Å². The number of amides is 2. The number of nitrogens with zero attached hydrogens (tertiary/aromatic N) is 2. The third-order valence-corrected chi connectivity index (χ3v) is 5.61. The highest BCUT2D eigenvalue weighted by molar-refractivity contribution is 6.34. The van der Waals surface area contributed by atoms with Gasteiger partial charge in [-0.3, -0.25) is 14.5 Å². The van der Waals surface area contributed by atoms with Gasteiger partial charge in [0, 0.05) is 21.2 Å². The molecule has 10 heteroatoms. The van der Waals surface area contributed by atoms with E-state index in [2.05, 4.69) is 10.3 Å². The Bertz CT molecular complexity index is 1280. The van der Waals surface area contributed by atoms with Crippen molar-refractivity contribution in [3.05, 3.63) is 99.5 Å². The molecule has 4 rings (SSSR count). The molecule has 0 radical (unpaired) electrons. The van der Waals surface area contributed by atoms with Crippen molar-refractivity contribution in [1.82, 2.24) is 5.32 Å². The van der Waals surface area contributed by atoms with Crippen LogP contribution in [0.15, 0.2) is 77.8 Å². The number of nitrogens with one attached hydrogen (secondary N) is 1. The van der Waals surface area contributed by atoms with E-state index in [0.29, 0.717) is 31.6 Å². The predicted molar refractivity (Wildman–Crippen MR) is 129 cm³/mol. The number of carbonyl (C=O) groups is 2. The van der Waals surface area contributed by atoms with Gasteiger partial charge in [-0.25, -0.2) is 4.99 Å². The molecule has 180 valence electrons. The van der Waals surface area contributed by atoms with E-state index in [4.69, 9.17) is 23.2 Å². The Morgan fingerprint density at radius 1 is 0.971 bits per heavy atom. The average Bonchev–Trinajstić information content (AvgIpc) is 2.89. The van der Waals surface area contributed by atoms with E-state index in [-0.39, 0.29) is 17.8 Å². The van der Waals surface area contributed by atoms with Gasteiger partial charge in [0.15, 0.2) is 0 Å². The fourth-order valence-corrected chi connectivity index (χ4v) is 4.37. The third kappa shape index (κ3) is 6.01. The Morgan fingerprint density at radius 3 is 2.26 bits per heavy atom. The van der Waals surface area contributed by atoms with Crippen molar-refractivity contribution in [3.63, 3.8) is 0 Å². The summed E-state index contributed by atoms with van der Waals surface area (Å²) in [5, 5.41) is 3.12. The van der Waals surface area contributed by atoms with Crippen molar-refractivity contribution < 1.29 is 22.8 Å². The molecule has 0 spiro atoms. The zero-order valence-electron chi connectivity index (χ0n) is 18.0. The number of hydrogen-bond acceptors (Lipinski definition) is 3. The number of hydrogen-bond donors (Lipinski definition) is 1. The third-order valence-electron chi connectivity index (χ3n) is 5.18. The van der Waals surface area contributed by atoms with Crippen LogP contribution in [0.5, 0.6) is 0 Å². The normalized spacial score (nSPS) is 15.8. The van der Waals surface area contributed by atoms with Gasteiger partial charge in [0.2, 0.25) is 12.1 Å². The lowest BCUT2D eigenvalue weighted by Gasteiger charge is -2.26. The summed E-state index contributed by atoms with van der Waals surface area (Å²) in [6.45, 7) is -1.53. The maximum absolute atomic E-state index is 13.5. The molecule has 2 amide bonds. The molecule has 0 unspecified atom stereocenters. The summed E-state index contributed by atoms with van der Waals surface area (Å²) in [4.78, 5) is 31.2. The standard InChI is InChI=1S/C25H18Cl2F3N3O2/c26-17-10-15(11-18(27)13-17)12-21(34)31-23-24(35)33(14-25(28,29)30)20-9-5-4-8-19(20)22(32-23)16-6-2-1-3-7-16/h1-11,13,23H,12,14H2,(H,31,34)/t23-/m1/s1. The lowest BCUT2D eigenvalue weighted by molar-refractivity contribution is -0.134. The number of benzene rings is 3. The van der Waals surface area contributed by atoms with Gasteiger partial charge in [0.05, 0.1) is 17.8 Å². The Hall–Kier alpha value is -3.36. The zero-order valence-corrected chi connectivity index (χ0v) is 19.5.